The minimum Gasteiger partial charge on any atom is -0.462 e. The molecule has 0 aliphatic carbocycles. The van der Waals surface area contributed by atoms with Crippen molar-refractivity contribution in [1.29, 1.82) is 0 Å². The third kappa shape index (κ3) is 4.14. The van der Waals surface area contributed by atoms with Crippen molar-refractivity contribution in [2.75, 3.05) is 6.61 Å². The van der Waals surface area contributed by atoms with Crippen LogP contribution in [0.25, 0.3) is 22.3 Å². The molecule has 5 heteroatoms. The molecule has 0 atom stereocenters. The Hall–Kier alpha value is -3.37. The summed E-state index contributed by atoms with van der Waals surface area (Å²) >= 11 is 6.39. The van der Waals surface area contributed by atoms with Crippen LogP contribution in [0.4, 0.5) is 5.69 Å². The van der Waals surface area contributed by atoms with Crippen molar-refractivity contribution in [2.24, 2.45) is 4.99 Å². The quantitative estimate of drug-likeness (QED) is 0.357. The van der Waals surface area contributed by atoms with Gasteiger partial charge in [-0.2, -0.15) is 0 Å². The highest BCUT2D eigenvalue weighted by Crippen LogP contribution is 2.29. The van der Waals surface area contributed by atoms with Gasteiger partial charge < -0.3 is 9.15 Å². The molecular weight excluding hydrogens is 398 g/mol. The molecule has 0 unspecified atom stereocenters. The number of carbonyl (C=O) groups excluding carboxylic acids is 1. The van der Waals surface area contributed by atoms with Crippen molar-refractivity contribution >= 4 is 34.2 Å². The Labute approximate surface area is 179 Å². The lowest BCUT2D eigenvalue weighted by atomic mass is 10.1. The lowest BCUT2D eigenvalue weighted by Gasteiger charge is -2.07. The Morgan fingerprint density at radius 3 is 2.53 bits per heavy atom. The molecule has 4 nitrogen and oxygen atoms in total. The van der Waals surface area contributed by atoms with Crippen LogP contribution in [0.15, 0.2) is 82.2 Å². The van der Waals surface area contributed by atoms with Gasteiger partial charge in [-0.05, 0) is 62.4 Å². The molecule has 0 aliphatic rings. The van der Waals surface area contributed by atoms with Crippen LogP contribution >= 0.6 is 11.6 Å². The maximum absolute atomic E-state index is 11.9. The molecule has 0 bridgehead atoms. The van der Waals surface area contributed by atoms with Crippen LogP contribution < -0.4 is 5.36 Å². The second-order valence-corrected chi connectivity index (χ2v) is 7.26. The number of halogens is 1. The number of fused-ring (bicyclic) bond motifs is 1. The van der Waals surface area contributed by atoms with Crippen molar-refractivity contribution in [3.05, 3.63) is 94.3 Å². The molecule has 0 N–H and O–H groups in total. The second kappa shape index (κ2) is 8.56. The summed E-state index contributed by atoms with van der Waals surface area (Å²) in [7, 11) is 0. The molecule has 3 aromatic carbocycles. The molecular formula is C25H20ClNO3. The van der Waals surface area contributed by atoms with Gasteiger partial charge in [0, 0.05) is 17.0 Å². The largest absolute Gasteiger partial charge is 0.462 e. The zero-order valence-electron chi connectivity index (χ0n) is 16.7. The SMILES string of the molecule is CCOC(=O)c1ccc(N=c2cc(-c3ccccc3Cl)oc3ccc(C)cc23)cc1. The summed E-state index contributed by atoms with van der Waals surface area (Å²) in [5, 5.41) is 2.27. The van der Waals surface area contributed by atoms with E-state index < -0.39 is 0 Å². The number of hydrogen-bond acceptors (Lipinski definition) is 4. The van der Waals surface area contributed by atoms with Gasteiger partial charge in [-0.15, -0.1) is 0 Å². The van der Waals surface area contributed by atoms with Crippen LogP contribution in [0.3, 0.4) is 0 Å². The van der Waals surface area contributed by atoms with Crippen LogP contribution in [-0.2, 0) is 4.74 Å². The molecule has 150 valence electrons. The van der Waals surface area contributed by atoms with Crippen molar-refractivity contribution in [1.82, 2.24) is 0 Å². The van der Waals surface area contributed by atoms with Gasteiger partial charge in [0.1, 0.15) is 11.3 Å². The van der Waals surface area contributed by atoms with Gasteiger partial charge in [0.15, 0.2) is 0 Å². The number of esters is 1. The number of hydrogen-bond donors (Lipinski definition) is 0. The zero-order chi connectivity index (χ0) is 21.1. The van der Waals surface area contributed by atoms with E-state index >= 15 is 0 Å². The summed E-state index contributed by atoms with van der Waals surface area (Å²) in [6.07, 6.45) is 0. The number of nitrogens with zero attached hydrogens (tertiary/aromatic N) is 1. The van der Waals surface area contributed by atoms with Crippen LogP contribution in [0.2, 0.25) is 5.02 Å². The summed E-state index contributed by atoms with van der Waals surface area (Å²) in [5.74, 6) is 0.295. The highest BCUT2D eigenvalue weighted by atomic mass is 35.5. The second-order valence-electron chi connectivity index (χ2n) is 6.85. The Morgan fingerprint density at radius 1 is 1.03 bits per heavy atom. The fourth-order valence-electron chi connectivity index (χ4n) is 3.19. The number of carbonyl (C=O) groups is 1. The van der Waals surface area contributed by atoms with Gasteiger partial charge in [0.25, 0.3) is 0 Å². The smallest absolute Gasteiger partial charge is 0.338 e. The average molecular weight is 418 g/mol. The molecule has 1 heterocycles. The molecule has 0 aliphatic heterocycles. The average Bonchev–Trinajstić information content (AvgIpc) is 2.75. The first-order valence-electron chi connectivity index (χ1n) is 9.66. The molecule has 0 spiro atoms. The first kappa shape index (κ1) is 19.9. The maximum atomic E-state index is 11.9. The van der Waals surface area contributed by atoms with Crippen molar-refractivity contribution in [3.63, 3.8) is 0 Å². The first-order chi connectivity index (χ1) is 14.5. The first-order valence-corrected chi connectivity index (χ1v) is 10.0. The maximum Gasteiger partial charge on any atom is 0.338 e. The van der Waals surface area contributed by atoms with E-state index in [9.17, 15) is 4.79 Å². The minimum atomic E-state index is -0.343. The monoisotopic (exact) mass is 417 g/mol. The van der Waals surface area contributed by atoms with E-state index in [0.29, 0.717) is 23.0 Å². The molecule has 0 saturated heterocycles. The highest BCUT2D eigenvalue weighted by Gasteiger charge is 2.10. The fourth-order valence-corrected chi connectivity index (χ4v) is 3.42. The zero-order valence-corrected chi connectivity index (χ0v) is 17.4. The van der Waals surface area contributed by atoms with E-state index in [0.717, 1.165) is 33.1 Å². The molecule has 30 heavy (non-hydrogen) atoms. The van der Waals surface area contributed by atoms with Crippen LogP contribution in [0, 0.1) is 6.92 Å². The van der Waals surface area contributed by atoms with E-state index in [-0.39, 0.29) is 5.97 Å². The topological polar surface area (TPSA) is 51.8 Å². The van der Waals surface area contributed by atoms with Gasteiger partial charge in [-0.1, -0.05) is 35.4 Å². The predicted octanol–water partition coefficient (Wildman–Crippen LogP) is 6.47. The third-order valence-corrected chi connectivity index (χ3v) is 5.00. The third-order valence-electron chi connectivity index (χ3n) is 4.67. The molecule has 0 radical (unpaired) electrons. The van der Waals surface area contributed by atoms with E-state index in [2.05, 4.69) is 0 Å². The van der Waals surface area contributed by atoms with Gasteiger partial charge in [0.05, 0.1) is 28.2 Å². The van der Waals surface area contributed by atoms with Crippen molar-refractivity contribution in [3.8, 4) is 11.3 Å². The van der Waals surface area contributed by atoms with Gasteiger partial charge in [0.2, 0.25) is 0 Å². The molecule has 0 fully saturated rings. The summed E-state index contributed by atoms with van der Waals surface area (Å²) in [4.78, 5) is 16.7. The summed E-state index contributed by atoms with van der Waals surface area (Å²) < 4.78 is 11.2. The van der Waals surface area contributed by atoms with E-state index in [1.54, 1.807) is 31.2 Å². The fraction of sp³-hybridized carbons (Fsp3) is 0.120. The van der Waals surface area contributed by atoms with Crippen LogP contribution in [0.1, 0.15) is 22.8 Å². The number of benzene rings is 3. The Balaban J connectivity index is 1.87. The normalized spacial score (nSPS) is 11.6. The van der Waals surface area contributed by atoms with E-state index in [4.69, 9.17) is 25.7 Å². The molecule has 0 saturated carbocycles. The Morgan fingerprint density at radius 2 is 1.80 bits per heavy atom. The van der Waals surface area contributed by atoms with Crippen molar-refractivity contribution in [2.45, 2.75) is 13.8 Å². The van der Waals surface area contributed by atoms with Gasteiger partial charge in [-0.3, -0.25) is 0 Å². The summed E-state index contributed by atoms with van der Waals surface area (Å²) in [5.41, 5.74) is 3.85. The predicted molar refractivity (Wildman–Crippen MR) is 119 cm³/mol. The standard InChI is InChI=1S/C25H20ClNO3/c1-3-29-25(28)17-9-11-18(12-10-17)27-22-15-24(19-6-4-5-7-21(19)26)30-23-13-8-16(2)14-20(22)23/h4-15H,3H2,1-2H3. The lowest BCUT2D eigenvalue weighted by molar-refractivity contribution is 0.0526. The van der Waals surface area contributed by atoms with E-state index in [1.165, 1.54) is 0 Å². The molecule has 4 aromatic rings. The van der Waals surface area contributed by atoms with Gasteiger partial charge >= 0.3 is 5.97 Å². The van der Waals surface area contributed by atoms with Gasteiger partial charge in [-0.25, -0.2) is 9.79 Å². The number of ether oxygens (including phenoxy) is 1. The van der Waals surface area contributed by atoms with E-state index in [1.807, 2.05) is 55.5 Å². The summed E-state index contributed by atoms with van der Waals surface area (Å²) in [6, 6.07) is 22.4. The summed E-state index contributed by atoms with van der Waals surface area (Å²) in [6.45, 7) is 4.15. The van der Waals surface area contributed by atoms with Crippen molar-refractivity contribution < 1.29 is 13.9 Å². The number of aryl methyl sites for hydroxylation is 1. The number of rotatable bonds is 4. The molecule has 1 aromatic heterocycles. The molecule has 4 rings (SSSR count). The lowest BCUT2D eigenvalue weighted by Crippen LogP contribution is -2.05. The van der Waals surface area contributed by atoms with Crippen LogP contribution in [-0.4, -0.2) is 12.6 Å². The van der Waals surface area contributed by atoms with Crippen LogP contribution in [0.5, 0.6) is 0 Å². The minimum absolute atomic E-state index is 0.342. The Bertz CT molecular complexity index is 1290. The molecule has 0 amide bonds. The Kier molecular flexibility index (Phi) is 5.68. The highest BCUT2D eigenvalue weighted by molar-refractivity contribution is 6.33.